The van der Waals surface area contributed by atoms with Crippen LogP contribution in [0, 0.1) is 20.8 Å². The van der Waals surface area contributed by atoms with Crippen LogP contribution in [0.5, 0.6) is 0 Å². The zero-order chi connectivity index (χ0) is 11.5. The molecule has 0 unspecified atom stereocenters. The fraction of sp³-hybridized carbons (Fsp3) is 0.333. The molecular formula is C12H15N3S. The van der Waals surface area contributed by atoms with Crippen LogP contribution in [0.4, 0.5) is 5.13 Å². The van der Waals surface area contributed by atoms with Crippen LogP contribution in [-0.2, 0) is 6.54 Å². The average Bonchev–Trinajstić information content (AvgIpc) is 2.57. The number of hydrogen-bond acceptors (Lipinski definition) is 4. The summed E-state index contributed by atoms with van der Waals surface area (Å²) in [5.74, 6) is 0. The number of anilines is 1. The Kier molecular flexibility index (Phi) is 3.19. The molecule has 0 aliphatic heterocycles. The minimum Gasteiger partial charge on any atom is -0.357 e. The Morgan fingerprint density at radius 1 is 1.31 bits per heavy atom. The minimum absolute atomic E-state index is 0.784. The Balaban J connectivity index is 2.05. The molecule has 2 heterocycles. The lowest BCUT2D eigenvalue weighted by molar-refractivity contribution is 1.07. The second kappa shape index (κ2) is 4.61. The van der Waals surface area contributed by atoms with Gasteiger partial charge in [-0.25, -0.2) is 4.98 Å². The number of hydrogen-bond donors (Lipinski definition) is 1. The van der Waals surface area contributed by atoms with Crippen molar-refractivity contribution >= 4 is 16.5 Å². The Bertz CT molecular complexity index is 471. The van der Waals surface area contributed by atoms with Crippen LogP contribution >= 0.6 is 11.3 Å². The summed E-state index contributed by atoms with van der Waals surface area (Å²) < 4.78 is 0. The SMILES string of the molecule is Cc1ccncc1CNc1nc(C)c(C)s1. The van der Waals surface area contributed by atoms with Crippen molar-refractivity contribution < 1.29 is 0 Å². The standard InChI is InChI=1S/C12H15N3S/c1-8-4-5-13-6-11(8)7-14-12-15-9(2)10(3)16-12/h4-6H,7H2,1-3H3,(H,14,15). The van der Waals surface area contributed by atoms with Gasteiger partial charge in [-0.1, -0.05) is 0 Å². The molecule has 0 amide bonds. The fourth-order valence-electron chi connectivity index (χ4n) is 1.40. The van der Waals surface area contributed by atoms with Gasteiger partial charge in [0.2, 0.25) is 0 Å². The monoisotopic (exact) mass is 233 g/mol. The van der Waals surface area contributed by atoms with E-state index in [-0.39, 0.29) is 0 Å². The maximum atomic E-state index is 4.44. The van der Waals surface area contributed by atoms with E-state index < -0.39 is 0 Å². The van der Waals surface area contributed by atoms with Gasteiger partial charge >= 0.3 is 0 Å². The minimum atomic E-state index is 0.784. The van der Waals surface area contributed by atoms with Crippen LogP contribution < -0.4 is 5.32 Å². The number of aromatic nitrogens is 2. The zero-order valence-electron chi connectivity index (χ0n) is 9.74. The van der Waals surface area contributed by atoms with Gasteiger partial charge in [0.15, 0.2) is 5.13 Å². The lowest BCUT2D eigenvalue weighted by Gasteiger charge is -2.05. The summed E-state index contributed by atoms with van der Waals surface area (Å²) in [6.45, 7) is 7.00. The first-order valence-electron chi connectivity index (χ1n) is 5.24. The Hall–Kier alpha value is -1.42. The molecule has 0 bridgehead atoms. The van der Waals surface area contributed by atoms with E-state index in [2.05, 4.69) is 29.1 Å². The van der Waals surface area contributed by atoms with Crippen LogP contribution in [0.2, 0.25) is 0 Å². The smallest absolute Gasteiger partial charge is 0.183 e. The number of pyridine rings is 1. The van der Waals surface area contributed by atoms with Crippen LogP contribution in [0.15, 0.2) is 18.5 Å². The van der Waals surface area contributed by atoms with Crippen molar-refractivity contribution in [2.45, 2.75) is 27.3 Å². The Labute approximate surface area is 99.6 Å². The fourth-order valence-corrected chi connectivity index (χ4v) is 2.21. The molecule has 0 aliphatic rings. The molecule has 0 aromatic carbocycles. The van der Waals surface area contributed by atoms with Gasteiger partial charge in [-0.15, -0.1) is 11.3 Å². The maximum Gasteiger partial charge on any atom is 0.183 e. The molecule has 2 aromatic rings. The first-order chi connectivity index (χ1) is 7.66. The largest absolute Gasteiger partial charge is 0.357 e. The van der Waals surface area contributed by atoms with Crippen LogP contribution in [0.25, 0.3) is 0 Å². The summed E-state index contributed by atoms with van der Waals surface area (Å²) in [5.41, 5.74) is 3.58. The molecule has 4 heteroatoms. The van der Waals surface area contributed by atoms with Gasteiger partial charge in [-0.05, 0) is 38.0 Å². The third-order valence-electron chi connectivity index (χ3n) is 2.61. The number of nitrogens with zero attached hydrogens (tertiary/aromatic N) is 2. The van der Waals surface area contributed by atoms with Crippen LogP contribution in [0.3, 0.4) is 0 Å². The molecule has 0 radical (unpaired) electrons. The highest BCUT2D eigenvalue weighted by atomic mass is 32.1. The van der Waals surface area contributed by atoms with Gasteiger partial charge < -0.3 is 5.32 Å². The predicted molar refractivity (Wildman–Crippen MR) is 67.9 cm³/mol. The van der Waals surface area contributed by atoms with Gasteiger partial charge in [-0.2, -0.15) is 0 Å². The first-order valence-corrected chi connectivity index (χ1v) is 6.06. The van der Waals surface area contributed by atoms with Gasteiger partial charge in [-0.3, -0.25) is 4.98 Å². The Morgan fingerprint density at radius 2 is 2.12 bits per heavy atom. The summed E-state index contributed by atoms with van der Waals surface area (Å²) in [7, 11) is 0. The molecule has 0 saturated carbocycles. The van der Waals surface area contributed by atoms with Crippen molar-refractivity contribution in [2.75, 3.05) is 5.32 Å². The van der Waals surface area contributed by atoms with Crippen LogP contribution in [-0.4, -0.2) is 9.97 Å². The molecule has 2 aromatic heterocycles. The van der Waals surface area contributed by atoms with Gasteiger partial charge in [0, 0.05) is 23.8 Å². The molecule has 0 saturated heterocycles. The van der Waals surface area contributed by atoms with Crippen molar-refractivity contribution in [1.82, 2.24) is 9.97 Å². The highest BCUT2D eigenvalue weighted by Crippen LogP contribution is 2.21. The lowest BCUT2D eigenvalue weighted by atomic mass is 10.2. The van der Waals surface area contributed by atoms with E-state index in [1.165, 1.54) is 16.0 Å². The van der Waals surface area contributed by atoms with Crippen molar-refractivity contribution in [1.29, 1.82) is 0 Å². The molecule has 2 rings (SSSR count). The van der Waals surface area contributed by atoms with Crippen molar-refractivity contribution in [3.05, 3.63) is 40.2 Å². The van der Waals surface area contributed by atoms with Crippen LogP contribution in [0.1, 0.15) is 21.7 Å². The number of aryl methyl sites for hydroxylation is 3. The molecule has 84 valence electrons. The third kappa shape index (κ3) is 2.39. The molecular weight excluding hydrogens is 218 g/mol. The highest BCUT2D eigenvalue weighted by molar-refractivity contribution is 7.15. The quantitative estimate of drug-likeness (QED) is 0.885. The van der Waals surface area contributed by atoms with Gasteiger partial charge in [0.25, 0.3) is 0 Å². The van der Waals surface area contributed by atoms with E-state index in [0.29, 0.717) is 0 Å². The summed E-state index contributed by atoms with van der Waals surface area (Å²) in [6.07, 6.45) is 3.71. The number of nitrogens with one attached hydrogen (secondary N) is 1. The molecule has 0 spiro atoms. The lowest BCUT2D eigenvalue weighted by Crippen LogP contribution is -2.01. The molecule has 1 N–H and O–H groups in total. The van der Waals surface area contributed by atoms with Gasteiger partial charge in [0.05, 0.1) is 5.69 Å². The number of thiazole rings is 1. The Morgan fingerprint density at radius 3 is 2.75 bits per heavy atom. The molecule has 16 heavy (non-hydrogen) atoms. The normalized spacial score (nSPS) is 10.4. The second-order valence-corrected chi connectivity index (χ2v) is 5.02. The molecule has 0 fully saturated rings. The first kappa shape index (κ1) is 11.1. The van der Waals surface area contributed by atoms with Gasteiger partial charge in [0.1, 0.15) is 0 Å². The third-order valence-corrected chi connectivity index (χ3v) is 3.64. The van der Waals surface area contributed by atoms with E-state index in [0.717, 1.165) is 17.4 Å². The summed E-state index contributed by atoms with van der Waals surface area (Å²) in [4.78, 5) is 9.83. The van der Waals surface area contributed by atoms with E-state index >= 15 is 0 Å². The summed E-state index contributed by atoms with van der Waals surface area (Å²) in [6, 6.07) is 2.02. The van der Waals surface area contributed by atoms with E-state index in [1.807, 2.05) is 25.4 Å². The predicted octanol–water partition coefficient (Wildman–Crippen LogP) is 3.08. The maximum absolute atomic E-state index is 4.44. The summed E-state index contributed by atoms with van der Waals surface area (Å²) >= 11 is 1.70. The van der Waals surface area contributed by atoms with Crippen molar-refractivity contribution in [2.24, 2.45) is 0 Å². The number of rotatable bonds is 3. The van der Waals surface area contributed by atoms with E-state index in [1.54, 1.807) is 11.3 Å². The zero-order valence-corrected chi connectivity index (χ0v) is 10.6. The molecule has 3 nitrogen and oxygen atoms in total. The van der Waals surface area contributed by atoms with Crippen molar-refractivity contribution in [3.8, 4) is 0 Å². The highest BCUT2D eigenvalue weighted by Gasteiger charge is 2.03. The topological polar surface area (TPSA) is 37.8 Å². The second-order valence-electron chi connectivity index (χ2n) is 3.82. The van der Waals surface area contributed by atoms with Crippen molar-refractivity contribution in [3.63, 3.8) is 0 Å². The average molecular weight is 233 g/mol. The molecule has 0 aliphatic carbocycles. The molecule has 0 atom stereocenters. The van der Waals surface area contributed by atoms with E-state index in [9.17, 15) is 0 Å². The summed E-state index contributed by atoms with van der Waals surface area (Å²) in [5, 5.41) is 4.32. The van der Waals surface area contributed by atoms with E-state index in [4.69, 9.17) is 0 Å².